The van der Waals surface area contributed by atoms with Crippen LogP contribution < -0.4 is 10.2 Å². The summed E-state index contributed by atoms with van der Waals surface area (Å²) in [5.41, 5.74) is 4.67. The Hall–Kier alpha value is -4.49. The first kappa shape index (κ1) is 30.0. The van der Waals surface area contributed by atoms with Gasteiger partial charge in [-0.25, -0.2) is 14.5 Å². The summed E-state index contributed by atoms with van der Waals surface area (Å²) in [6.07, 6.45) is -3.77. The number of nitrogens with zero attached hydrogens (tertiary/aromatic N) is 5. The molecule has 1 aliphatic rings. The van der Waals surface area contributed by atoms with E-state index in [-0.39, 0.29) is 23.4 Å². The first-order chi connectivity index (χ1) is 20.6. The van der Waals surface area contributed by atoms with Crippen LogP contribution in [0, 0.1) is 13.8 Å². The number of alkyl halides is 3. The summed E-state index contributed by atoms with van der Waals surface area (Å²) in [7, 11) is 0. The van der Waals surface area contributed by atoms with E-state index in [2.05, 4.69) is 20.4 Å². The Morgan fingerprint density at radius 2 is 1.88 bits per heavy atom. The smallest absolute Gasteiger partial charge is 0.376 e. The molecule has 5 rings (SSSR count). The Morgan fingerprint density at radius 3 is 2.63 bits per heavy atom. The van der Waals surface area contributed by atoms with E-state index in [1.165, 1.54) is 4.90 Å². The highest BCUT2D eigenvalue weighted by atomic mass is 32.2. The van der Waals surface area contributed by atoms with Gasteiger partial charge in [0, 0.05) is 16.8 Å². The third kappa shape index (κ3) is 7.48. The van der Waals surface area contributed by atoms with Gasteiger partial charge < -0.3 is 10.1 Å². The van der Waals surface area contributed by atoms with Gasteiger partial charge in [0.2, 0.25) is 5.91 Å². The van der Waals surface area contributed by atoms with E-state index < -0.39 is 25.2 Å². The van der Waals surface area contributed by atoms with Crippen molar-refractivity contribution in [2.24, 2.45) is 4.99 Å². The molecule has 43 heavy (non-hydrogen) atoms. The average Bonchev–Trinajstić information content (AvgIpc) is 3.60. The van der Waals surface area contributed by atoms with E-state index in [0.29, 0.717) is 22.8 Å². The first-order valence-electron chi connectivity index (χ1n) is 13.2. The number of para-hydroxylation sites is 1. The van der Waals surface area contributed by atoms with Crippen molar-refractivity contribution in [3.05, 3.63) is 89.7 Å². The van der Waals surface area contributed by atoms with Crippen LogP contribution in [-0.4, -0.2) is 50.4 Å². The number of anilines is 2. The van der Waals surface area contributed by atoms with Gasteiger partial charge in [0.15, 0.2) is 11.0 Å². The average molecular weight is 609 g/mol. The first-order valence-corrected chi connectivity index (χ1v) is 14.2. The number of thioether (sulfide) groups is 1. The number of carbonyl (C=O) groups excluding carboxylic acids is 2. The number of aliphatic imine (C=N–C) groups is 1. The quantitative estimate of drug-likeness (QED) is 0.224. The Balaban J connectivity index is 1.30. The third-order valence-corrected chi connectivity index (χ3v) is 7.39. The van der Waals surface area contributed by atoms with Crippen molar-refractivity contribution in [3.8, 4) is 17.1 Å². The maximum atomic E-state index is 13.0. The van der Waals surface area contributed by atoms with E-state index in [9.17, 15) is 22.8 Å². The highest BCUT2D eigenvalue weighted by Crippen LogP contribution is 2.32. The van der Waals surface area contributed by atoms with Crippen LogP contribution in [0.1, 0.15) is 23.1 Å². The van der Waals surface area contributed by atoms with Gasteiger partial charge in [-0.15, -0.1) is 5.10 Å². The molecule has 3 aromatic carbocycles. The van der Waals surface area contributed by atoms with Gasteiger partial charge >= 0.3 is 12.2 Å². The molecule has 222 valence electrons. The number of aromatic nitrogens is 3. The van der Waals surface area contributed by atoms with Crippen molar-refractivity contribution in [2.75, 3.05) is 22.6 Å². The number of rotatable bonds is 8. The molecular weight excluding hydrogens is 581 g/mol. The lowest BCUT2D eigenvalue weighted by Gasteiger charge is -2.20. The summed E-state index contributed by atoms with van der Waals surface area (Å²) in [6.45, 7) is 3.01. The Labute approximate surface area is 249 Å². The zero-order chi connectivity index (χ0) is 30.6. The summed E-state index contributed by atoms with van der Waals surface area (Å²) in [4.78, 5) is 35.7. The molecule has 0 radical (unpaired) electrons. The van der Waals surface area contributed by atoms with Gasteiger partial charge in [-0.1, -0.05) is 42.1 Å². The van der Waals surface area contributed by atoms with Gasteiger partial charge in [-0.05, 0) is 61.4 Å². The zero-order valence-electron chi connectivity index (χ0n) is 23.3. The van der Waals surface area contributed by atoms with Crippen molar-refractivity contribution < 1.29 is 27.5 Å². The highest BCUT2D eigenvalue weighted by Gasteiger charge is 2.32. The van der Waals surface area contributed by atoms with Crippen molar-refractivity contribution in [3.63, 3.8) is 0 Å². The third-order valence-electron chi connectivity index (χ3n) is 6.47. The van der Waals surface area contributed by atoms with E-state index in [1.54, 1.807) is 41.3 Å². The molecule has 9 nitrogen and oxygen atoms in total. The van der Waals surface area contributed by atoms with Gasteiger partial charge in [0.1, 0.15) is 6.33 Å². The molecule has 0 atom stereocenters. The van der Waals surface area contributed by atoms with E-state index in [1.807, 2.05) is 50.2 Å². The van der Waals surface area contributed by atoms with Crippen LogP contribution in [0.25, 0.3) is 17.1 Å². The molecule has 1 saturated heterocycles. The zero-order valence-corrected chi connectivity index (χ0v) is 24.1. The van der Waals surface area contributed by atoms with Gasteiger partial charge in [-0.2, -0.15) is 18.2 Å². The van der Waals surface area contributed by atoms with Crippen molar-refractivity contribution in [1.82, 2.24) is 14.8 Å². The minimum Gasteiger partial charge on any atom is -0.376 e. The second-order valence-electron chi connectivity index (χ2n) is 9.77. The number of amides is 3. The normalized spacial score (nSPS) is 14.5. The second kappa shape index (κ2) is 12.8. The lowest BCUT2D eigenvalue weighted by atomic mass is 10.1. The summed E-state index contributed by atoms with van der Waals surface area (Å²) in [6, 6.07) is 19.5. The number of urea groups is 1. The molecule has 0 unspecified atom stereocenters. The summed E-state index contributed by atoms with van der Waals surface area (Å²) in [5, 5.41) is 7.46. The molecule has 0 spiro atoms. The fraction of sp³-hybridized carbons (Fsp3) is 0.233. The predicted octanol–water partition coefficient (Wildman–Crippen LogP) is 6.69. The highest BCUT2D eigenvalue weighted by molar-refractivity contribution is 8.15. The van der Waals surface area contributed by atoms with Crippen LogP contribution in [0.4, 0.5) is 29.3 Å². The topological polar surface area (TPSA) is 102 Å². The number of nitrogens with one attached hydrogen (secondary N) is 1. The van der Waals surface area contributed by atoms with Crippen LogP contribution >= 0.6 is 11.8 Å². The number of amidine groups is 1. The van der Waals surface area contributed by atoms with Gasteiger partial charge in [0.25, 0.3) is 0 Å². The predicted molar refractivity (Wildman–Crippen MR) is 159 cm³/mol. The van der Waals surface area contributed by atoms with Crippen LogP contribution in [0.5, 0.6) is 0 Å². The second-order valence-corrected chi connectivity index (χ2v) is 10.7. The maximum Gasteiger partial charge on any atom is 0.391 e. The molecule has 0 aliphatic carbocycles. The summed E-state index contributed by atoms with van der Waals surface area (Å²) in [5.74, 6) is 0.282. The fourth-order valence-corrected chi connectivity index (χ4v) is 5.19. The lowest BCUT2D eigenvalue weighted by Crippen LogP contribution is -2.31. The molecule has 1 aliphatic heterocycles. The minimum atomic E-state index is -4.33. The van der Waals surface area contributed by atoms with Crippen LogP contribution in [-0.2, 0) is 16.1 Å². The molecule has 0 bridgehead atoms. The van der Waals surface area contributed by atoms with Crippen molar-refractivity contribution in [2.45, 2.75) is 33.1 Å². The fourth-order valence-electron chi connectivity index (χ4n) is 4.33. The van der Waals surface area contributed by atoms with Crippen LogP contribution in [0.3, 0.4) is 0 Å². The Bertz CT molecular complexity index is 1670. The van der Waals surface area contributed by atoms with E-state index >= 15 is 0 Å². The van der Waals surface area contributed by atoms with Gasteiger partial charge in [-0.3, -0.25) is 9.69 Å². The molecular formula is C30H27F3N6O3S. The molecule has 4 aromatic rings. The Kier molecular flexibility index (Phi) is 8.92. The Morgan fingerprint density at radius 1 is 1.09 bits per heavy atom. The van der Waals surface area contributed by atoms with E-state index in [4.69, 9.17) is 4.74 Å². The molecule has 13 heteroatoms. The number of aryl methyl sites for hydroxylation is 2. The van der Waals surface area contributed by atoms with Crippen molar-refractivity contribution in [1.29, 1.82) is 0 Å². The summed E-state index contributed by atoms with van der Waals surface area (Å²) < 4.78 is 44.5. The number of carbonyl (C=O) groups is 2. The molecule has 0 saturated carbocycles. The molecule has 1 fully saturated rings. The standard InChI is InChI=1S/C30H27F3N6O3S/c1-19-8-9-22(16-42-13-12-30(31,32)33)25(14-19)39-26(40)17-43-29(39)36-28(41)35-24-11-10-21(15-20(24)2)27-34-18-38(37-27)23-6-4-3-5-7-23/h3-11,14-15,18H,12-13,16-17H2,1-2H3,(H,35,41)/b36-29-. The number of benzene rings is 3. The maximum absolute atomic E-state index is 13.0. The lowest BCUT2D eigenvalue weighted by molar-refractivity contribution is -0.146. The van der Waals surface area contributed by atoms with Crippen LogP contribution in [0.15, 0.2) is 78.0 Å². The molecule has 1 N–H and O–H groups in total. The minimum absolute atomic E-state index is 0.0603. The SMILES string of the molecule is Cc1ccc(COCCC(F)(F)F)c(N2C(=O)CS/C2=N\C(=O)Nc2ccc(-c3ncn(-c4ccccc4)n3)cc2C)c1. The molecule has 2 heterocycles. The van der Waals surface area contributed by atoms with Gasteiger partial charge in [0.05, 0.1) is 36.8 Å². The monoisotopic (exact) mass is 608 g/mol. The number of halogens is 3. The number of hydrogen-bond acceptors (Lipinski definition) is 6. The van der Waals surface area contributed by atoms with E-state index in [0.717, 1.165) is 34.1 Å². The number of ether oxygens (including phenoxy) is 1. The molecule has 3 amide bonds. The number of hydrogen-bond donors (Lipinski definition) is 1. The largest absolute Gasteiger partial charge is 0.391 e. The van der Waals surface area contributed by atoms with Crippen molar-refractivity contribution >= 4 is 40.2 Å². The van der Waals surface area contributed by atoms with Crippen LogP contribution in [0.2, 0.25) is 0 Å². The molecule has 1 aromatic heterocycles. The summed E-state index contributed by atoms with van der Waals surface area (Å²) >= 11 is 1.10.